The summed E-state index contributed by atoms with van der Waals surface area (Å²) in [6.45, 7) is 6.50. The highest BCUT2D eigenvalue weighted by molar-refractivity contribution is 6.18. The Morgan fingerprint density at radius 1 is 1.13 bits per heavy atom. The summed E-state index contributed by atoms with van der Waals surface area (Å²) in [7, 11) is 0. The van der Waals surface area contributed by atoms with E-state index in [1.807, 2.05) is 20.8 Å². The molecule has 0 saturated carbocycles. The molecule has 0 heterocycles. The van der Waals surface area contributed by atoms with Crippen molar-refractivity contribution in [3.05, 3.63) is 0 Å². The molecule has 0 saturated heterocycles. The molecule has 0 aliphatic heterocycles. The zero-order valence-corrected chi connectivity index (χ0v) is 11.0. The van der Waals surface area contributed by atoms with Crippen LogP contribution in [0.15, 0.2) is 0 Å². The van der Waals surface area contributed by atoms with Gasteiger partial charge in [-0.25, -0.2) is 0 Å². The number of hydrogen-bond acceptors (Lipinski definition) is 3. The van der Waals surface area contributed by atoms with E-state index in [0.29, 0.717) is 12.5 Å². The lowest BCUT2D eigenvalue weighted by Gasteiger charge is -2.24. The van der Waals surface area contributed by atoms with Crippen molar-refractivity contribution in [1.82, 2.24) is 0 Å². The van der Waals surface area contributed by atoms with Crippen LogP contribution in [0.1, 0.15) is 20.8 Å². The smallest absolute Gasteiger partial charge is 0.0944 e. The molecule has 0 bridgehead atoms. The van der Waals surface area contributed by atoms with Crippen LogP contribution in [-0.2, 0) is 9.47 Å². The molecule has 0 spiro atoms. The second-order valence-electron chi connectivity index (χ2n) is 4.34. The van der Waals surface area contributed by atoms with Gasteiger partial charge in [0.2, 0.25) is 0 Å². The zero-order valence-electron chi connectivity index (χ0n) is 9.50. The first-order chi connectivity index (χ1) is 6.89. The Kier molecular flexibility index (Phi) is 7.92. The Labute approximate surface area is 102 Å². The number of rotatable bonds is 7. The summed E-state index contributed by atoms with van der Waals surface area (Å²) in [5.41, 5.74) is -0.210. The fraction of sp³-hybridized carbons (Fsp3) is 1.00. The van der Waals surface area contributed by atoms with E-state index in [-0.39, 0.29) is 24.2 Å². The minimum atomic E-state index is -0.646. The van der Waals surface area contributed by atoms with Gasteiger partial charge in [0.1, 0.15) is 0 Å². The number of aliphatic hydroxyl groups is 1. The van der Waals surface area contributed by atoms with Crippen molar-refractivity contribution in [2.75, 3.05) is 25.0 Å². The molecule has 5 heteroatoms. The maximum atomic E-state index is 9.19. The Balaban J connectivity index is 3.73. The van der Waals surface area contributed by atoms with Crippen molar-refractivity contribution in [1.29, 1.82) is 0 Å². The molecule has 1 N–H and O–H groups in total. The highest BCUT2D eigenvalue weighted by Gasteiger charge is 2.16. The van der Waals surface area contributed by atoms with Crippen molar-refractivity contribution in [2.45, 2.75) is 38.6 Å². The zero-order chi connectivity index (χ0) is 11.9. The van der Waals surface area contributed by atoms with Gasteiger partial charge in [-0.3, -0.25) is 0 Å². The Morgan fingerprint density at radius 3 is 2.13 bits per heavy atom. The number of ether oxygens (including phenoxy) is 2. The molecule has 0 aromatic rings. The van der Waals surface area contributed by atoms with Gasteiger partial charge in [0, 0.05) is 0 Å². The van der Waals surface area contributed by atoms with Gasteiger partial charge in [0.05, 0.1) is 42.8 Å². The first-order valence-corrected chi connectivity index (χ1v) is 6.01. The van der Waals surface area contributed by atoms with E-state index >= 15 is 0 Å². The number of alkyl halides is 2. The van der Waals surface area contributed by atoms with Crippen molar-refractivity contribution in [3.63, 3.8) is 0 Å². The number of halogens is 2. The van der Waals surface area contributed by atoms with Crippen LogP contribution < -0.4 is 0 Å². The Morgan fingerprint density at radius 2 is 1.73 bits per heavy atom. The maximum absolute atomic E-state index is 9.19. The molecule has 2 unspecified atom stereocenters. The summed E-state index contributed by atoms with van der Waals surface area (Å²) < 4.78 is 10.9. The van der Waals surface area contributed by atoms with E-state index in [9.17, 15) is 5.11 Å². The van der Waals surface area contributed by atoms with Crippen LogP contribution in [-0.4, -0.2) is 47.9 Å². The van der Waals surface area contributed by atoms with E-state index in [0.717, 1.165) is 0 Å². The van der Waals surface area contributed by atoms with E-state index in [4.69, 9.17) is 32.7 Å². The van der Waals surface area contributed by atoms with Crippen LogP contribution in [0.2, 0.25) is 0 Å². The van der Waals surface area contributed by atoms with Crippen LogP contribution >= 0.6 is 23.2 Å². The van der Waals surface area contributed by atoms with Gasteiger partial charge in [-0.15, -0.1) is 23.2 Å². The topological polar surface area (TPSA) is 38.7 Å². The van der Waals surface area contributed by atoms with Crippen LogP contribution in [0.5, 0.6) is 0 Å². The predicted molar refractivity (Wildman–Crippen MR) is 62.9 cm³/mol. The molecule has 92 valence electrons. The minimum absolute atomic E-state index is 0.162. The third-order valence-electron chi connectivity index (χ3n) is 1.58. The molecule has 0 aliphatic rings. The summed E-state index contributed by atoms with van der Waals surface area (Å²) in [5, 5.41) is 9.19. The van der Waals surface area contributed by atoms with Gasteiger partial charge < -0.3 is 14.6 Å². The largest absolute Gasteiger partial charge is 0.389 e. The standard InChI is InChI=1S/C10H20Cl2O3/c1-10(2,3)15-7-9(5-12)14-6-8(13)4-11/h8-9,13H,4-7H2,1-3H3. The second-order valence-corrected chi connectivity index (χ2v) is 4.96. The van der Waals surface area contributed by atoms with Crippen molar-refractivity contribution in [3.8, 4) is 0 Å². The molecule has 0 aliphatic carbocycles. The van der Waals surface area contributed by atoms with Crippen LogP contribution in [0.3, 0.4) is 0 Å². The molecule has 2 atom stereocenters. The summed E-state index contributed by atoms with van der Waals surface area (Å²) in [5.74, 6) is 0.500. The van der Waals surface area contributed by atoms with Crippen molar-refractivity contribution < 1.29 is 14.6 Å². The average molecular weight is 259 g/mol. The van der Waals surface area contributed by atoms with Crippen LogP contribution in [0.4, 0.5) is 0 Å². The molecule has 15 heavy (non-hydrogen) atoms. The fourth-order valence-corrected chi connectivity index (χ4v) is 1.04. The lowest BCUT2D eigenvalue weighted by molar-refractivity contribution is -0.0774. The first kappa shape index (κ1) is 15.5. The van der Waals surface area contributed by atoms with Gasteiger partial charge in [-0.1, -0.05) is 0 Å². The normalized spacial score (nSPS) is 16.4. The summed E-state index contributed by atoms with van der Waals surface area (Å²) in [6.07, 6.45) is -0.851. The quantitative estimate of drug-likeness (QED) is 0.711. The Hall–Kier alpha value is 0.460. The van der Waals surface area contributed by atoms with Crippen LogP contribution in [0, 0.1) is 0 Å². The predicted octanol–water partition coefficient (Wildman–Crippen LogP) is 2.03. The molecule has 0 amide bonds. The highest BCUT2D eigenvalue weighted by Crippen LogP contribution is 2.09. The third kappa shape index (κ3) is 9.39. The SMILES string of the molecule is CC(C)(C)OCC(CCl)OCC(O)CCl. The molecule has 3 nitrogen and oxygen atoms in total. The van der Waals surface area contributed by atoms with E-state index < -0.39 is 6.10 Å². The highest BCUT2D eigenvalue weighted by atomic mass is 35.5. The second kappa shape index (κ2) is 7.69. The van der Waals surface area contributed by atoms with E-state index in [1.54, 1.807) is 0 Å². The van der Waals surface area contributed by atoms with Gasteiger partial charge in [-0.2, -0.15) is 0 Å². The molecule has 0 radical (unpaired) electrons. The minimum Gasteiger partial charge on any atom is -0.389 e. The van der Waals surface area contributed by atoms with Gasteiger partial charge >= 0.3 is 0 Å². The molecule has 0 aromatic heterocycles. The summed E-state index contributed by atoms with van der Waals surface area (Å²) >= 11 is 11.1. The molecular weight excluding hydrogens is 239 g/mol. The monoisotopic (exact) mass is 258 g/mol. The molecule has 0 rings (SSSR count). The van der Waals surface area contributed by atoms with Crippen LogP contribution in [0.25, 0.3) is 0 Å². The molecular formula is C10H20Cl2O3. The summed E-state index contributed by atoms with van der Waals surface area (Å²) in [4.78, 5) is 0. The van der Waals surface area contributed by atoms with Gasteiger partial charge in [-0.05, 0) is 20.8 Å². The van der Waals surface area contributed by atoms with Gasteiger partial charge in [0.15, 0.2) is 0 Å². The lowest BCUT2D eigenvalue weighted by atomic mass is 10.2. The van der Waals surface area contributed by atoms with Crippen molar-refractivity contribution in [2.24, 2.45) is 0 Å². The van der Waals surface area contributed by atoms with E-state index in [1.165, 1.54) is 0 Å². The molecule has 0 fully saturated rings. The van der Waals surface area contributed by atoms with Crippen molar-refractivity contribution >= 4 is 23.2 Å². The average Bonchev–Trinajstić information content (AvgIpc) is 2.16. The molecule has 0 aromatic carbocycles. The fourth-order valence-electron chi connectivity index (χ4n) is 0.772. The maximum Gasteiger partial charge on any atom is 0.0944 e. The van der Waals surface area contributed by atoms with E-state index in [2.05, 4.69) is 0 Å². The lowest BCUT2D eigenvalue weighted by Crippen LogP contribution is -2.31. The summed E-state index contributed by atoms with van der Waals surface area (Å²) in [6, 6.07) is 0. The van der Waals surface area contributed by atoms with Gasteiger partial charge in [0.25, 0.3) is 0 Å². The Bertz CT molecular complexity index is 159. The number of hydrogen-bond donors (Lipinski definition) is 1. The first-order valence-electron chi connectivity index (χ1n) is 4.94. The number of aliphatic hydroxyl groups excluding tert-OH is 1. The third-order valence-corrected chi connectivity index (χ3v) is 2.28.